The molecule has 5 rings (SSSR count). The van der Waals surface area contributed by atoms with Crippen molar-refractivity contribution in [2.75, 3.05) is 20.1 Å². The van der Waals surface area contributed by atoms with E-state index in [0.717, 1.165) is 4.70 Å². The first-order valence-corrected chi connectivity index (χ1v) is 11.0. The summed E-state index contributed by atoms with van der Waals surface area (Å²) in [5.74, 6) is 1.36. The molecule has 2 N–H and O–H groups in total. The molecule has 9 heteroatoms. The van der Waals surface area contributed by atoms with Gasteiger partial charge in [0.15, 0.2) is 0 Å². The molecule has 1 unspecified atom stereocenters. The highest BCUT2D eigenvalue weighted by Crippen LogP contribution is 2.37. The molecular formula is C23H21N3O5S. The van der Waals surface area contributed by atoms with Crippen molar-refractivity contribution in [1.29, 1.82) is 0 Å². The molecule has 4 aromatic rings. The van der Waals surface area contributed by atoms with Gasteiger partial charge in [0, 0.05) is 43.9 Å². The number of β-amino-alcohol motifs (C(OH)–C–C–N with tert-alkyl or cyclic N) is 1. The summed E-state index contributed by atoms with van der Waals surface area (Å²) < 4.78 is 12.6. The topological polar surface area (TPSA) is 105 Å². The normalized spacial score (nSPS) is 16.1. The molecule has 0 bridgehead atoms. The predicted molar refractivity (Wildman–Crippen MR) is 121 cm³/mol. The van der Waals surface area contributed by atoms with Crippen molar-refractivity contribution in [3.05, 3.63) is 52.7 Å². The number of ether oxygens (including phenoxy) is 1. The first-order chi connectivity index (χ1) is 15.4. The Labute approximate surface area is 187 Å². The smallest absolute Gasteiger partial charge is 0.264 e. The number of carbonyl (C=O) groups excluding carboxylic acids is 2. The van der Waals surface area contributed by atoms with Crippen LogP contribution >= 0.6 is 11.3 Å². The number of amides is 2. The maximum Gasteiger partial charge on any atom is 0.264 e. The lowest BCUT2D eigenvalue weighted by Crippen LogP contribution is -2.28. The van der Waals surface area contributed by atoms with Gasteiger partial charge in [0.25, 0.3) is 11.8 Å². The van der Waals surface area contributed by atoms with E-state index in [9.17, 15) is 14.7 Å². The lowest BCUT2D eigenvalue weighted by atomic mass is 10.1. The fraction of sp³-hybridized carbons (Fsp3) is 0.261. The van der Waals surface area contributed by atoms with Crippen LogP contribution in [-0.4, -0.2) is 53.0 Å². The second-order valence-corrected chi connectivity index (χ2v) is 8.75. The van der Waals surface area contributed by atoms with Crippen LogP contribution in [0, 0.1) is 6.92 Å². The first kappa shape index (κ1) is 20.5. The molecule has 3 aromatic heterocycles. The van der Waals surface area contributed by atoms with Crippen LogP contribution in [0.15, 0.2) is 40.9 Å². The zero-order valence-electron chi connectivity index (χ0n) is 17.5. The fourth-order valence-corrected chi connectivity index (χ4v) is 5.01. The summed E-state index contributed by atoms with van der Waals surface area (Å²) in [5, 5.41) is 13.1. The van der Waals surface area contributed by atoms with Gasteiger partial charge >= 0.3 is 0 Å². The van der Waals surface area contributed by atoms with Crippen molar-refractivity contribution in [1.82, 2.24) is 15.2 Å². The number of furan rings is 1. The van der Waals surface area contributed by atoms with Gasteiger partial charge < -0.3 is 24.5 Å². The summed E-state index contributed by atoms with van der Waals surface area (Å²) in [6, 6.07) is 8.83. The van der Waals surface area contributed by atoms with Gasteiger partial charge in [-0.25, -0.2) is 0 Å². The number of carbonyl (C=O) groups is 2. The monoisotopic (exact) mass is 451 g/mol. The second kappa shape index (κ2) is 7.92. The van der Waals surface area contributed by atoms with Crippen LogP contribution in [0.2, 0.25) is 0 Å². The van der Waals surface area contributed by atoms with E-state index in [0.29, 0.717) is 63.7 Å². The van der Waals surface area contributed by atoms with Crippen molar-refractivity contribution in [3.8, 4) is 11.5 Å². The quantitative estimate of drug-likeness (QED) is 0.490. The van der Waals surface area contributed by atoms with E-state index in [1.54, 1.807) is 55.4 Å². The molecule has 1 aliphatic rings. The highest BCUT2D eigenvalue weighted by molar-refractivity contribution is 7.21. The molecular weight excluding hydrogens is 430 g/mol. The van der Waals surface area contributed by atoms with E-state index in [1.165, 1.54) is 11.3 Å². The molecule has 8 nitrogen and oxygen atoms in total. The highest BCUT2D eigenvalue weighted by atomic mass is 32.1. The minimum atomic E-state index is -0.464. The molecule has 2 amide bonds. The van der Waals surface area contributed by atoms with Crippen molar-refractivity contribution >= 4 is 44.3 Å². The molecule has 1 aromatic carbocycles. The minimum absolute atomic E-state index is 0.107. The number of likely N-dealkylation sites (tertiary alicyclic amines) is 1. The Morgan fingerprint density at radius 2 is 2.16 bits per heavy atom. The van der Waals surface area contributed by atoms with Gasteiger partial charge in [-0.2, -0.15) is 0 Å². The molecule has 1 atom stereocenters. The van der Waals surface area contributed by atoms with Crippen LogP contribution in [-0.2, 0) is 0 Å². The van der Waals surface area contributed by atoms with E-state index in [1.807, 2.05) is 0 Å². The summed E-state index contributed by atoms with van der Waals surface area (Å²) in [4.78, 5) is 31.5. The van der Waals surface area contributed by atoms with Gasteiger partial charge in [0.05, 0.1) is 26.8 Å². The summed E-state index contributed by atoms with van der Waals surface area (Å²) in [6.45, 7) is 2.65. The van der Waals surface area contributed by atoms with E-state index in [-0.39, 0.29) is 11.8 Å². The lowest BCUT2D eigenvalue weighted by molar-refractivity contribution is 0.0769. The summed E-state index contributed by atoms with van der Waals surface area (Å²) >= 11 is 1.32. The van der Waals surface area contributed by atoms with Crippen LogP contribution in [0.25, 0.3) is 21.2 Å². The average molecular weight is 452 g/mol. The van der Waals surface area contributed by atoms with Gasteiger partial charge in [-0.1, -0.05) is 0 Å². The zero-order chi connectivity index (χ0) is 22.4. The molecule has 0 spiro atoms. The maximum absolute atomic E-state index is 12.8. The van der Waals surface area contributed by atoms with E-state index < -0.39 is 6.10 Å². The molecule has 0 saturated carbocycles. The summed E-state index contributed by atoms with van der Waals surface area (Å²) in [5.41, 5.74) is 1.74. The van der Waals surface area contributed by atoms with Crippen LogP contribution in [0.4, 0.5) is 0 Å². The number of nitrogens with zero attached hydrogens (tertiary/aromatic N) is 2. The number of nitrogens with one attached hydrogen (secondary N) is 1. The number of fused-ring (bicyclic) bond motifs is 2. The number of pyridine rings is 1. The van der Waals surface area contributed by atoms with Crippen molar-refractivity contribution in [2.24, 2.45) is 0 Å². The van der Waals surface area contributed by atoms with Crippen LogP contribution in [0.5, 0.6) is 11.5 Å². The number of benzene rings is 1. The summed E-state index contributed by atoms with van der Waals surface area (Å²) in [7, 11) is 1.58. The van der Waals surface area contributed by atoms with E-state index >= 15 is 0 Å². The van der Waals surface area contributed by atoms with Gasteiger partial charge in [-0.05, 0) is 31.5 Å². The minimum Gasteiger partial charge on any atom is -0.460 e. The van der Waals surface area contributed by atoms with Crippen molar-refractivity contribution < 1.29 is 23.8 Å². The number of thiophene rings is 1. The van der Waals surface area contributed by atoms with E-state index in [4.69, 9.17) is 9.15 Å². The zero-order valence-corrected chi connectivity index (χ0v) is 18.4. The van der Waals surface area contributed by atoms with Crippen LogP contribution in [0.3, 0.4) is 0 Å². The second-order valence-electron chi connectivity index (χ2n) is 7.70. The molecule has 0 aliphatic carbocycles. The predicted octanol–water partition coefficient (Wildman–Crippen LogP) is 3.71. The van der Waals surface area contributed by atoms with Crippen LogP contribution in [0.1, 0.15) is 32.2 Å². The number of aliphatic hydroxyl groups is 1. The van der Waals surface area contributed by atoms with Gasteiger partial charge in [0.2, 0.25) is 0 Å². The Kier molecular flexibility index (Phi) is 5.07. The average Bonchev–Trinajstić information content (AvgIpc) is 3.49. The molecule has 0 radical (unpaired) electrons. The number of aromatic nitrogens is 1. The maximum atomic E-state index is 12.8. The molecule has 1 aliphatic heterocycles. The Bertz CT molecular complexity index is 1360. The Hall–Kier alpha value is -3.43. The molecule has 164 valence electrons. The third kappa shape index (κ3) is 3.49. The Balaban J connectivity index is 1.46. The lowest BCUT2D eigenvalue weighted by Gasteiger charge is -2.13. The molecule has 1 saturated heterocycles. The SMILES string of the molecule is CNC(=O)c1c(C)oc2cc(Oc3ccnc4cc(C(=O)N5CCC(O)C5)sc34)ccc12. The third-order valence-electron chi connectivity index (χ3n) is 5.56. The van der Waals surface area contributed by atoms with E-state index in [2.05, 4.69) is 10.3 Å². The number of hydrogen-bond acceptors (Lipinski definition) is 7. The van der Waals surface area contributed by atoms with Crippen molar-refractivity contribution in [3.63, 3.8) is 0 Å². The fourth-order valence-electron chi connectivity index (χ4n) is 3.98. The molecule has 4 heterocycles. The Morgan fingerprint density at radius 3 is 2.91 bits per heavy atom. The summed E-state index contributed by atoms with van der Waals surface area (Å²) in [6.07, 6.45) is 1.77. The number of aliphatic hydroxyl groups excluding tert-OH is 1. The molecule has 32 heavy (non-hydrogen) atoms. The van der Waals surface area contributed by atoms with Gasteiger partial charge in [-0.3, -0.25) is 14.6 Å². The largest absolute Gasteiger partial charge is 0.460 e. The third-order valence-corrected chi connectivity index (χ3v) is 6.68. The number of hydrogen-bond donors (Lipinski definition) is 2. The van der Waals surface area contributed by atoms with Crippen molar-refractivity contribution in [2.45, 2.75) is 19.4 Å². The standard InChI is InChI=1S/C23H21N3O5S/c1-12-20(22(28)24-2)15-4-3-14(9-18(15)30-12)31-17-5-7-25-16-10-19(32-21(16)17)23(29)26-8-6-13(27)11-26/h3-5,7,9-10,13,27H,6,8,11H2,1-2H3,(H,24,28). The van der Waals surface area contributed by atoms with Gasteiger partial charge in [-0.15, -0.1) is 11.3 Å². The first-order valence-electron chi connectivity index (χ1n) is 10.2. The van der Waals surface area contributed by atoms with Crippen LogP contribution < -0.4 is 10.1 Å². The Morgan fingerprint density at radius 1 is 1.31 bits per heavy atom. The molecule has 1 fully saturated rings. The number of rotatable bonds is 4. The number of aryl methyl sites for hydroxylation is 1. The van der Waals surface area contributed by atoms with Gasteiger partial charge in [0.1, 0.15) is 22.8 Å². The highest BCUT2D eigenvalue weighted by Gasteiger charge is 2.27.